The van der Waals surface area contributed by atoms with E-state index < -0.39 is 11.7 Å². The molecule has 88 valence electrons. The highest BCUT2D eigenvalue weighted by Crippen LogP contribution is 2.37. The quantitative estimate of drug-likeness (QED) is 0.769. The highest BCUT2D eigenvalue weighted by Gasteiger charge is 2.33. The zero-order chi connectivity index (χ0) is 12.5. The minimum Gasteiger partial charge on any atom is -0.297 e. The number of benzene rings is 1. The number of rotatable bonds is 2. The smallest absolute Gasteiger partial charge is 0.297 e. The number of aromatic nitrogens is 1. The van der Waals surface area contributed by atoms with Gasteiger partial charge in [0.25, 0.3) is 0 Å². The van der Waals surface area contributed by atoms with Gasteiger partial charge in [-0.05, 0) is 6.07 Å². The molecule has 2 aromatic rings. The SMILES string of the molecule is O=Cc1cnc(-c2ccccc2C(F)(F)F)s1. The predicted octanol–water partition coefficient (Wildman–Crippen LogP) is 3.64. The van der Waals surface area contributed by atoms with Crippen LogP contribution < -0.4 is 0 Å². The molecule has 2 rings (SSSR count). The van der Waals surface area contributed by atoms with Crippen molar-refractivity contribution < 1.29 is 18.0 Å². The van der Waals surface area contributed by atoms with Gasteiger partial charge in [0, 0.05) is 11.8 Å². The number of nitrogens with zero attached hydrogens (tertiary/aromatic N) is 1. The number of alkyl halides is 3. The zero-order valence-electron chi connectivity index (χ0n) is 8.36. The molecule has 0 aliphatic heterocycles. The van der Waals surface area contributed by atoms with E-state index in [-0.39, 0.29) is 10.6 Å². The molecule has 1 heterocycles. The van der Waals surface area contributed by atoms with E-state index in [9.17, 15) is 18.0 Å². The summed E-state index contributed by atoms with van der Waals surface area (Å²) in [5.41, 5.74) is -0.745. The van der Waals surface area contributed by atoms with Gasteiger partial charge in [0.1, 0.15) is 5.01 Å². The molecule has 1 aromatic heterocycles. The number of carbonyl (C=O) groups is 1. The van der Waals surface area contributed by atoms with Crippen molar-refractivity contribution in [2.75, 3.05) is 0 Å². The molecular weight excluding hydrogens is 251 g/mol. The van der Waals surface area contributed by atoms with Gasteiger partial charge >= 0.3 is 6.18 Å². The van der Waals surface area contributed by atoms with E-state index in [1.165, 1.54) is 24.4 Å². The summed E-state index contributed by atoms with van der Waals surface area (Å²) in [7, 11) is 0. The number of aldehydes is 1. The first-order valence-electron chi connectivity index (χ1n) is 4.60. The van der Waals surface area contributed by atoms with Gasteiger partial charge in [0.2, 0.25) is 0 Å². The lowest BCUT2D eigenvalue weighted by atomic mass is 10.1. The van der Waals surface area contributed by atoms with Gasteiger partial charge in [-0.3, -0.25) is 4.79 Å². The number of carbonyl (C=O) groups excluding carboxylic acids is 1. The second-order valence-electron chi connectivity index (χ2n) is 3.23. The molecule has 0 spiro atoms. The Labute approximate surface area is 98.7 Å². The first-order chi connectivity index (χ1) is 8.02. The van der Waals surface area contributed by atoms with Gasteiger partial charge < -0.3 is 0 Å². The van der Waals surface area contributed by atoms with Crippen molar-refractivity contribution >= 4 is 17.6 Å². The predicted molar refractivity (Wildman–Crippen MR) is 57.9 cm³/mol. The van der Waals surface area contributed by atoms with Crippen LogP contribution in [0.2, 0.25) is 0 Å². The molecule has 0 unspecified atom stereocenters. The van der Waals surface area contributed by atoms with Crippen LogP contribution in [-0.2, 0) is 6.18 Å². The third-order valence-corrected chi connectivity index (χ3v) is 3.06. The Morgan fingerprint density at radius 1 is 1.24 bits per heavy atom. The highest BCUT2D eigenvalue weighted by molar-refractivity contribution is 7.16. The Balaban J connectivity index is 2.55. The van der Waals surface area contributed by atoms with Crippen LogP contribution in [0.25, 0.3) is 10.6 Å². The molecule has 1 aromatic carbocycles. The van der Waals surface area contributed by atoms with Crippen molar-refractivity contribution in [1.82, 2.24) is 4.98 Å². The van der Waals surface area contributed by atoms with Gasteiger partial charge in [-0.15, -0.1) is 11.3 Å². The summed E-state index contributed by atoms with van der Waals surface area (Å²) in [5.74, 6) is 0. The van der Waals surface area contributed by atoms with E-state index in [4.69, 9.17) is 0 Å². The molecule has 0 atom stereocenters. The Bertz CT molecular complexity index is 548. The Hall–Kier alpha value is -1.69. The minimum atomic E-state index is -4.43. The molecule has 2 nitrogen and oxygen atoms in total. The lowest BCUT2D eigenvalue weighted by Gasteiger charge is -2.10. The van der Waals surface area contributed by atoms with Crippen molar-refractivity contribution in [3.63, 3.8) is 0 Å². The number of hydrogen-bond donors (Lipinski definition) is 0. The van der Waals surface area contributed by atoms with Gasteiger partial charge in [0.05, 0.1) is 10.4 Å². The van der Waals surface area contributed by atoms with E-state index in [2.05, 4.69) is 4.98 Å². The maximum absolute atomic E-state index is 12.7. The van der Waals surface area contributed by atoms with Crippen LogP contribution in [-0.4, -0.2) is 11.3 Å². The van der Waals surface area contributed by atoms with Crippen LogP contribution in [0.3, 0.4) is 0 Å². The van der Waals surface area contributed by atoms with Crippen LogP contribution in [0.15, 0.2) is 30.5 Å². The van der Waals surface area contributed by atoms with E-state index in [0.29, 0.717) is 11.2 Å². The molecule has 0 aliphatic carbocycles. The first-order valence-corrected chi connectivity index (χ1v) is 5.41. The lowest BCUT2D eigenvalue weighted by molar-refractivity contribution is -0.137. The molecular formula is C11H6F3NOS. The maximum atomic E-state index is 12.7. The monoisotopic (exact) mass is 257 g/mol. The molecule has 0 amide bonds. The summed E-state index contributed by atoms with van der Waals surface area (Å²) in [6.45, 7) is 0. The number of hydrogen-bond acceptors (Lipinski definition) is 3. The maximum Gasteiger partial charge on any atom is 0.417 e. The highest BCUT2D eigenvalue weighted by atomic mass is 32.1. The fraction of sp³-hybridized carbons (Fsp3) is 0.0909. The fourth-order valence-corrected chi connectivity index (χ4v) is 2.15. The van der Waals surface area contributed by atoms with Crippen LogP contribution in [0.1, 0.15) is 15.2 Å². The Morgan fingerprint density at radius 2 is 1.94 bits per heavy atom. The first kappa shape index (κ1) is 11.8. The van der Waals surface area contributed by atoms with Gasteiger partial charge in [-0.1, -0.05) is 18.2 Å². The third-order valence-electron chi connectivity index (χ3n) is 2.10. The van der Waals surface area contributed by atoms with Crippen LogP contribution in [0.4, 0.5) is 13.2 Å². The molecule has 17 heavy (non-hydrogen) atoms. The third kappa shape index (κ3) is 2.36. The van der Waals surface area contributed by atoms with Crippen molar-refractivity contribution in [2.24, 2.45) is 0 Å². The second kappa shape index (κ2) is 4.29. The zero-order valence-corrected chi connectivity index (χ0v) is 9.18. The van der Waals surface area contributed by atoms with Gasteiger partial charge in [0.15, 0.2) is 6.29 Å². The largest absolute Gasteiger partial charge is 0.417 e. The summed E-state index contributed by atoms with van der Waals surface area (Å²) in [6, 6.07) is 5.17. The topological polar surface area (TPSA) is 30.0 Å². The Morgan fingerprint density at radius 3 is 2.53 bits per heavy atom. The van der Waals surface area contributed by atoms with Gasteiger partial charge in [-0.25, -0.2) is 4.98 Å². The second-order valence-corrected chi connectivity index (χ2v) is 4.29. The van der Waals surface area contributed by atoms with Crippen molar-refractivity contribution in [3.05, 3.63) is 40.9 Å². The molecule has 0 saturated carbocycles. The van der Waals surface area contributed by atoms with Crippen LogP contribution in [0, 0.1) is 0 Å². The van der Waals surface area contributed by atoms with Gasteiger partial charge in [-0.2, -0.15) is 13.2 Å². The molecule has 6 heteroatoms. The summed E-state index contributed by atoms with van der Waals surface area (Å²) >= 11 is 0.937. The van der Waals surface area contributed by atoms with Crippen molar-refractivity contribution in [3.8, 4) is 10.6 Å². The molecule has 0 radical (unpaired) electrons. The number of halogens is 3. The summed E-state index contributed by atoms with van der Waals surface area (Å²) in [6.07, 6.45) is -2.60. The summed E-state index contributed by atoms with van der Waals surface area (Å²) in [4.78, 5) is 14.6. The Kier molecular flexibility index (Phi) is 2.97. The average Bonchev–Trinajstić information content (AvgIpc) is 2.76. The van der Waals surface area contributed by atoms with Crippen LogP contribution >= 0.6 is 11.3 Å². The summed E-state index contributed by atoms with van der Waals surface area (Å²) < 4.78 is 38.2. The molecule has 0 aliphatic rings. The molecule has 0 fully saturated rings. The van der Waals surface area contributed by atoms with E-state index >= 15 is 0 Å². The molecule has 0 N–H and O–H groups in total. The number of thiazole rings is 1. The summed E-state index contributed by atoms with van der Waals surface area (Å²) in [5, 5.41) is 0.194. The minimum absolute atomic E-state index is 0.00176. The van der Waals surface area contributed by atoms with E-state index in [0.717, 1.165) is 17.4 Å². The van der Waals surface area contributed by atoms with Crippen LogP contribution in [0.5, 0.6) is 0 Å². The molecule has 0 saturated heterocycles. The standard InChI is InChI=1S/C11H6F3NOS/c12-11(13,14)9-4-2-1-3-8(9)10-15-5-7(6-16)17-10/h1-6H. The molecule has 0 bridgehead atoms. The van der Waals surface area contributed by atoms with E-state index in [1.54, 1.807) is 0 Å². The van der Waals surface area contributed by atoms with Crippen molar-refractivity contribution in [1.29, 1.82) is 0 Å². The fourth-order valence-electron chi connectivity index (χ4n) is 1.38. The lowest BCUT2D eigenvalue weighted by Crippen LogP contribution is -2.06. The normalized spacial score (nSPS) is 11.5. The van der Waals surface area contributed by atoms with E-state index in [1.807, 2.05) is 0 Å². The average molecular weight is 257 g/mol. The van der Waals surface area contributed by atoms with Crippen molar-refractivity contribution in [2.45, 2.75) is 6.18 Å².